The minimum atomic E-state index is -3.09. The fourth-order valence-corrected chi connectivity index (χ4v) is 7.59. The highest BCUT2D eigenvalue weighted by atomic mass is 32.2. The molecule has 172 valence electrons. The van der Waals surface area contributed by atoms with Gasteiger partial charge in [0.15, 0.2) is 9.84 Å². The number of ether oxygens (including phenoxy) is 1. The van der Waals surface area contributed by atoms with Gasteiger partial charge in [-0.2, -0.15) is 0 Å². The fourth-order valence-electron chi connectivity index (χ4n) is 5.85. The molecule has 2 saturated heterocycles. The van der Waals surface area contributed by atoms with Crippen LogP contribution in [0.2, 0.25) is 0 Å². The average molecular weight is 450 g/mol. The molecule has 1 aliphatic carbocycles. The molecule has 31 heavy (non-hydrogen) atoms. The molecular formula is C24H35NO5S. The van der Waals surface area contributed by atoms with Crippen molar-refractivity contribution >= 4 is 15.7 Å². The number of hydrogen-bond donors (Lipinski definition) is 2. The number of aliphatic hydroxyl groups excluding tert-OH is 1. The Balaban J connectivity index is 1.53. The van der Waals surface area contributed by atoms with Gasteiger partial charge < -0.3 is 15.2 Å². The summed E-state index contributed by atoms with van der Waals surface area (Å²) in [5.74, 6) is -0.443. The van der Waals surface area contributed by atoms with Crippen LogP contribution in [0.3, 0.4) is 0 Å². The van der Waals surface area contributed by atoms with Crippen molar-refractivity contribution in [2.45, 2.75) is 75.6 Å². The predicted octanol–water partition coefficient (Wildman–Crippen LogP) is 2.59. The van der Waals surface area contributed by atoms with Crippen molar-refractivity contribution in [1.82, 2.24) is 5.32 Å². The summed E-state index contributed by atoms with van der Waals surface area (Å²) in [5, 5.41) is 13.9. The molecule has 1 aromatic rings. The van der Waals surface area contributed by atoms with Gasteiger partial charge in [0.1, 0.15) is 0 Å². The maximum Gasteiger partial charge on any atom is 0.224 e. The number of carbonyl (C=O) groups is 1. The van der Waals surface area contributed by atoms with Gasteiger partial charge in [-0.1, -0.05) is 30.3 Å². The van der Waals surface area contributed by atoms with E-state index < -0.39 is 15.8 Å². The molecule has 0 aromatic heterocycles. The van der Waals surface area contributed by atoms with Crippen molar-refractivity contribution in [3.05, 3.63) is 35.9 Å². The van der Waals surface area contributed by atoms with E-state index >= 15 is 0 Å². The van der Waals surface area contributed by atoms with E-state index in [2.05, 4.69) is 17.4 Å². The minimum Gasteiger partial charge on any atom is -0.393 e. The zero-order chi connectivity index (χ0) is 22.3. The Hall–Kier alpha value is -1.44. The number of fused-ring (bicyclic) bond motifs is 1. The number of amides is 1. The SMILES string of the molecule is CC1(C)C[C@H](O)[C@H]2CC[C@](CNC(=O)[C@@H]3CCS(=O)(=O)C3)(c3ccccc3)CC[C@@H]2O1. The third-order valence-electron chi connectivity index (χ3n) is 7.60. The zero-order valence-electron chi connectivity index (χ0n) is 18.5. The molecule has 7 heteroatoms. The standard InChI is InChI=1S/C24H35NO5S/c1-23(2)14-20(26)19-8-11-24(12-9-21(19)30-23,18-6-4-3-5-7-18)16-25-22(27)17-10-13-31(28,29)15-17/h3-7,17,19-21,26H,8-16H2,1-2H3,(H,25,27)/t17-,19-,20+,21+,24+/m1/s1. The normalized spacial score (nSPS) is 36.9. The molecule has 5 atom stereocenters. The summed E-state index contributed by atoms with van der Waals surface area (Å²) in [6, 6.07) is 10.3. The number of nitrogens with one attached hydrogen (secondary N) is 1. The summed E-state index contributed by atoms with van der Waals surface area (Å²) in [4.78, 5) is 12.8. The van der Waals surface area contributed by atoms with Crippen LogP contribution < -0.4 is 5.32 Å². The first kappa shape index (κ1) is 22.7. The van der Waals surface area contributed by atoms with E-state index in [0.717, 1.165) is 25.7 Å². The first-order valence-electron chi connectivity index (χ1n) is 11.5. The van der Waals surface area contributed by atoms with Gasteiger partial charge in [-0.25, -0.2) is 8.42 Å². The number of hydrogen-bond acceptors (Lipinski definition) is 5. The van der Waals surface area contributed by atoms with Crippen LogP contribution in [0.15, 0.2) is 30.3 Å². The summed E-state index contributed by atoms with van der Waals surface area (Å²) < 4.78 is 30.0. The highest BCUT2D eigenvalue weighted by Crippen LogP contribution is 2.45. The van der Waals surface area contributed by atoms with E-state index in [1.54, 1.807) is 0 Å². The molecule has 1 aromatic carbocycles. The molecular weight excluding hydrogens is 414 g/mol. The lowest BCUT2D eigenvalue weighted by atomic mass is 9.73. The van der Waals surface area contributed by atoms with Crippen molar-refractivity contribution in [3.63, 3.8) is 0 Å². The third-order valence-corrected chi connectivity index (χ3v) is 9.36. The highest BCUT2D eigenvalue weighted by molar-refractivity contribution is 7.91. The maximum absolute atomic E-state index is 12.8. The number of sulfone groups is 1. The molecule has 6 nitrogen and oxygen atoms in total. The number of benzene rings is 1. The molecule has 3 aliphatic rings. The summed E-state index contributed by atoms with van der Waals surface area (Å²) in [6.07, 6.45) is 4.05. The fraction of sp³-hybridized carbons (Fsp3) is 0.708. The minimum absolute atomic E-state index is 0.0139. The second-order valence-corrected chi connectivity index (χ2v) is 12.6. The Bertz CT molecular complexity index is 900. The Labute approximate surface area is 185 Å². The smallest absolute Gasteiger partial charge is 0.224 e. The lowest BCUT2D eigenvalue weighted by Crippen LogP contribution is -2.48. The van der Waals surface area contributed by atoms with Gasteiger partial charge in [0.2, 0.25) is 5.91 Å². The molecule has 0 bridgehead atoms. The molecule has 2 aliphatic heterocycles. The van der Waals surface area contributed by atoms with E-state index in [0.29, 0.717) is 19.4 Å². The van der Waals surface area contributed by atoms with Crippen LogP contribution in [-0.4, -0.2) is 55.3 Å². The Morgan fingerprint density at radius 2 is 1.87 bits per heavy atom. The lowest BCUT2D eigenvalue weighted by Gasteiger charge is -2.43. The van der Waals surface area contributed by atoms with Crippen LogP contribution in [0.1, 0.15) is 57.9 Å². The van der Waals surface area contributed by atoms with Crippen LogP contribution in [0.25, 0.3) is 0 Å². The van der Waals surface area contributed by atoms with Crippen LogP contribution in [0, 0.1) is 11.8 Å². The largest absolute Gasteiger partial charge is 0.393 e. The maximum atomic E-state index is 12.8. The molecule has 1 saturated carbocycles. The van der Waals surface area contributed by atoms with Gasteiger partial charge in [-0.05, 0) is 51.5 Å². The van der Waals surface area contributed by atoms with Crippen molar-refractivity contribution in [1.29, 1.82) is 0 Å². The second-order valence-electron chi connectivity index (χ2n) is 10.4. The molecule has 2 heterocycles. The van der Waals surface area contributed by atoms with E-state index in [4.69, 9.17) is 4.74 Å². The van der Waals surface area contributed by atoms with Crippen molar-refractivity contribution in [3.8, 4) is 0 Å². The molecule has 4 rings (SSSR count). The zero-order valence-corrected chi connectivity index (χ0v) is 19.4. The molecule has 0 unspecified atom stereocenters. The van der Waals surface area contributed by atoms with E-state index in [9.17, 15) is 18.3 Å². The van der Waals surface area contributed by atoms with Crippen LogP contribution in [-0.2, 0) is 24.8 Å². The first-order chi connectivity index (χ1) is 14.6. The van der Waals surface area contributed by atoms with Crippen molar-refractivity contribution in [2.24, 2.45) is 11.8 Å². The van der Waals surface area contributed by atoms with E-state index in [1.807, 2.05) is 32.0 Å². The number of carbonyl (C=O) groups excluding carboxylic acids is 1. The van der Waals surface area contributed by atoms with Gasteiger partial charge >= 0.3 is 0 Å². The molecule has 3 fully saturated rings. The summed E-state index contributed by atoms with van der Waals surface area (Å²) >= 11 is 0. The summed E-state index contributed by atoms with van der Waals surface area (Å²) in [7, 11) is -3.09. The quantitative estimate of drug-likeness (QED) is 0.737. The second kappa shape index (κ2) is 8.49. The Morgan fingerprint density at radius 1 is 1.16 bits per heavy atom. The van der Waals surface area contributed by atoms with Gasteiger partial charge in [0, 0.05) is 24.3 Å². The molecule has 2 N–H and O–H groups in total. The van der Waals surface area contributed by atoms with Crippen molar-refractivity contribution < 1.29 is 23.1 Å². The lowest BCUT2D eigenvalue weighted by molar-refractivity contribution is -0.178. The Morgan fingerprint density at radius 3 is 2.55 bits per heavy atom. The van der Waals surface area contributed by atoms with Gasteiger partial charge in [0.05, 0.1) is 35.2 Å². The third kappa shape index (κ3) is 4.99. The average Bonchev–Trinajstić information content (AvgIpc) is 2.97. The van der Waals surface area contributed by atoms with Gasteiger partial charge in [-0.15, -0.1) is 0 Å². The van der Waals surface area contributed by atoms with E-state index in [-0.39, 0.29) is 46.6 Å². The monoisotopic (exact) mass is 449 g/mol. The topological polar surface area (TPSA) is 92.7 Å². The van der Waals surface area contributed by atoms with Crippen LogP contribution >= 0.6 is 0 Å². The molecule has 0 spiro atoms. The number of aliphatic hydroxyl groups is 1. The Kier molecular flexibility index (Phi) is 6.23. The first-order valence-corrected chi connectivity index (χ1v) is 13.3. The van der Waals surface area contributed by atoms with E-state index in [1.165, 1.54) is 5.56 Å². The highest BCUT2D eigenvalue weighted by Gasteiger charge is 2.46. The summed E-state index contributed by atoms with van der Waals surface area (Å²) in [6.45, 7) is 4.56. The summed E-state index contributed by atoms with van der Waals surface area (Å²) in [5.41, 5.74) is 0.600. The predicted molar refractivity (Wildman–Crippen MR) is 119 cm³/mol. The molecule has 1 amide bonds. The van der Waals surface area contributed by atoms with Crippen LogP contribution in [0.5, 0.6) is 0 Å². The van der Waals surface area contributed by atoms with Crippen molar-refractivity contribution in [2.75, 3.05) is 18.1 Å². The number of rotatable bonds is 4. The van der Waals surface area contributed by atoms with Crippen LogP contribution in [0.4, 0.5) is 0 Å². The van der Waals surface area contributed by atoms with Gasteiger partial charge in [-0.3, -0.25) is 4.79 Å². The van der Waals surface area contributed by atoms with Gasteiger partial charge in [0.25, 0.3) is 0 Å². The molecule has 0 radical (unpaired) electrons.